The topological polar surface area (TPSA) is 110 Å². The molecule has 3 N–H and O–H groups in total. The van der Waals surface area contributed by atoms with Gasteiger partial charge in [0.15, 0.2) is 0 Å². The maximum Gasteiger partial charge on any atom is 0.303 e. The highest BCUT2D eigenvalue weighted by molar-refractivity contribution is 5.97. The zero-order valence-electron chi connectivity index (χ0n) is 17.9. The summed E-state index contributed by atoms with van der Waals surface area (Å²) < 4.78 is 22.1. The van der Waals surface area contributed by atoms with Crippen LogP contribution >= 0.6 is 0 Å². The molecule has 1 aliphatic carbocycles. The molecule has 1 aromatic heterocycles. The van der Waals surface area contributed by atoms with Crippen molar-refractivity contribution in [1.82, 2.24) is 9.88 Å². The number of nitrogens with zero attached hydrogens (tertiary/aromatic N) is 1. The Morgan fingerprint density at radius 1 is 1.19 bits per heavy atom. The molecule has 2 fully saturated rings. The van der Waals surface area contributed by atoms with E-state index in [9.17, 15) is 18.8 Å². The number of hydrogen-bond donors (Lipinski definition) is 3. The third-order valence-corrected chi connectivity index (χ3v) is 6.20. The number of halogens is 1. The van der Waals surface area contributed by atoms with Gasteiger partial charge in [-0.25, -0.2) is 4.39 Å². The molecular formula is C23H28FN3O5. The fraction of sp³-hybridized carbons (Fsp3) is 0.522. The number of benzene rings is 1. The summed E-state index contributed by atoms with van der Waals surface area (Å²) >= 11 is 0. The van der Waals surface area contributed by atoms with Gasteiger partial charge >= 0.3 is 5.97 Å². The number of amides is 1. The third kappa shape index (κ3) is 4.77. The molecule has 1 amide bonds. The van der Waals surface area contributed by atoms with E-state index >= 15 is 0 Å². The number of fused-ring (bicyclic) bond motifs is 1. The molecule has 0 radical (unpaired) electrons. The van der Waals surface area contributed by atoms with E-state index in [-0.39, 0.29) is 42.4 Å². The van der Waals surface area contributed by atoms with Crippen LogP contribution in [0.5, 0.6) is 0 Å². The summed E-state index contributed by atoms with van der Waals surface area (Å²) in [7, 11) is 0. The zero-order valence-corrected chi connectivity index (χ0v) is 17.9. The van der Waals surface area contributed by atoms with Crippen LogP contribution in [0.3, 0.4) is 0 Å². The Balaban J connectivity index is 1.67. The third-order valence-electron chi connectivity index (χ3n) is 6.20. The molecule has 0 unspecified atom stereocenters. The summed E-state index contributed by atoms with van der Waals surface area (Å²) in [5.41, 5.74) is 0.288. The number of nitrogens with one attached hydrogen (secondary N) is 2. The van der Waals surface area contributed by atoms with Crippen LogP contribution in [0.25, 0.3) is 10.9 Å². The average Bonchev–Trinajstić information content (AvgIpc) is 2.73. The van der Waals surface area contributed by atoms with Gasteiger partial charge in [-0.2, -0.15) is 0 Å². The van der Waals surface area contributed by atoms with Gasteiger partial charge in [-0.3, -0.25) is 14.4 Å². The van der Waals surface area contributed by atoms with Gasteiger partial charge in [-0.05, 0) is 31.4 Å². The second-order valence-electron chi connectivity index (χ2n) is 8.55. The van der Waals surface area contributed by atoms with Gasteiger partial charge in [0.25, 0.3) is 5.91 Å². The predicted molar refractivity (Wildman–Crippen MR) is 118 cm³/mol. The first-order chi connectivity index (χ1) is 15.4. The van der Waals surface area contributed by atoms with Crippen LogP contribution < -0.4 is 16.1 Å². The maximum absolute atomic E-state index is 14.9. The molecule has 0 spiro atoms. The van der Waals surface area contributed by atoms with E-state index in [1.807, 2.05) is 4.57 Å². The second kappa shape index (κ2) is 9.68. The molecule has 1 aromatic carbocycles. The lowest BCUT2D eigenvalue weighted by Gasteiger charge is -2.31. The normalized spacial score (nSPS) is 17.2. The molecule has 2 aromatic rings. The lowest BCUT2D eigenvalue weighted by molar-refractivity contribution is -0.137. The van der Waals surface area contributed by atoms with Crippen LogP contribution in [0.4, 0.5) is 10.1 Å². The number of rotatable bonds is 8. The first kappa shape index (κ1) is 22.3. The molecule has 8 nitrogen and oxygen atoms in total. The van der Waals surface area contributed by atoms with Crippen molar-refractivity contribution < 1.29 is 23.8 Å². The lowest BCUT2D eigenvalue weighted by atomic mass is 9.95. The molecule has 1 saturated carbocycles. The molecular weight excluding hydrogens is 417 g/mol. The minimum Gasteiger partial charge on any atom is -0.481 e. The number of anilines is 1. The van der Waals surface area contributed by atoms with E-state index < -0.39 is 23.1 Å². The number of carbonyl (C=O) groups is 2. The van der Waals surface area contributed by atoms with Crippen LogP contribution in [-0.4, -0.2) is 47.4 Å². The molecule has 1 aliphatic heterocycles. The molecule has 4 rings (SSSR count). The Kier molecular flexibility index (Phi) is 6.74. The molecule has 9 heteroatoms. The summed E-state index contributed by atoms with van der Waals surface area (Å²) in [5.74, 6) is -2.07. The Hall–Kier alpha value is -2.94. The molecule has 0 bridgehead atoms. The number of aromatic nitrogens is 1. The fourth-order valence-corrected chi connectivity index (χ4v) is 4.33. The number of hydrogen-bond acceptors (Lipinski definition) is 5. The molecule has 172 valence electrons. The van der Waals surface area contributed by atoms with Gasteiger partial charge in [-0.15, -0.1) is 0 Å². The van der Waals surface area contributed by atoms with Gasteiger partial charge in [-0.1, -0.05) is 19.3 Å². The predicted octanol–water partition coefficient (Wildman–Crippen LogP) is 3.05. The maximum atomic E-state index is 14.9. The Morgan fingerprint density at radius 3 is 2.59 bits per heavy atom. The van der Waals surface area contributed by atoms with Crippen molar-refractivity contribution in [3.8, 4) is 0 Å². The Labute approximate surface area is 184 Å². The fourth-order valence-electron chi connectivity index (χ4n) is 4.33. The number of ether oxygens (including phenoxy) is 1. The molecule has 32 heavy (non-hydrogen) atoms. The summed E-state index contributed by atoms with van der Waals surface area (Å²) in [4.78, 5) is 36.3. The van der Waals surface area contributed by atoms with Crippen molar-refractivity contribution in [1.29, 1.82) is 0 Å². The molecule has 2 aliphatic rings. The van der Waals surface area contributed by atoms with Crippen molar-refractivity contribution >= 4 is 28.5 Å². The molecule has 1 saturated heterocycles. The van der Waals surface area contributed by atoms with Gasteiger partial charge in [0, 0.05) is 30.6 Å². The van der Waals surface area contributed by atoms with E-state index in [2.05, 4.69) is 10.6 Å². The van der Waals surface area contributed by atoms with Gasteiger partial charge < -0.3 is 25.0 Å². The van der Waals surface area contributed by atoms with Crippen molar-refractivity contribution in [2.24, 2.45) is 0 Å². The Morgan fingerprint density at radius 2 is 1.94 bits per heavy atom. The smallest absolute Gasteiger partial charge is 0.303 e. The van der Waals surface area contributed by atoms with Crippen molar-refractivity contribution in [2.75, 3.05) is 25.1 Å². The molecule has 2 heterocycles. The highest BCUT2D eigenvalue weighted by Gasteiger charge is 2.26. The van der Waals surface area contributed by atoms with Crippen LogP contribution in [0.2, 0.25) is 0 Å². The minimum atomic E-state index is -0.953. The zero-order chi connectivity index (χ0) is 22.7. The largest absolute Gasteiger partial charge is 0.481 e. The first-order valence-corrected chi connectivity index (χ1v) is 11.2. The summed E-state index contributed by atoms with van der Waals surface area (Å²) in [6.45, 7) is 1.02. The van der Waals surface area contributed by atoms with E-state index in [0.717, 1.165) is 25.7 Å². The van der Waals surface area contributed by atoms with Gasteiger partial charge in [0.05, 0.1) is 30.5 Å². The quantitative estimate of drug-likeness (QED) is 0.539. The average molecular weight is 445 g/mol. The first-order valence-electron chi connectivity index (χ1n) is 11.2. The van der Waals surface area contributed by atoms with E-state index in [0.29, 0.717) is 24.4 Å². The SMILES string of the molecule is O=C(O)CCCNC(=O)c1cn(C2COC2)c2cc(NC3CCCCC3)c(F)cc2c1=O. The number of pyridine rings is 1. The van der Waals surface area contributed by atoms with Crippen molar-refractivity contribution in [3.05, 3.63) is 39.9 Å². The highest BCUT2D eigenvalue weighted by atomic mass is 19.1. The van der Waals surface area contributed by atoms with Crippen molar-refractivity contribution in [3.63, 3.8) is 0 Å². The summed E-state index contributed by atoms with van der Waals surface area (Å²) in [6, 6.07) is 3.02. The van der Waals surface area contributed by atoms with Crippen LogP contribution in [-0.2, 0) is 9.53 Å². The standard InChI is InChI=1S/C23H28FN3O5/c24-18-9-16-20(10-19(18)26-14-5-2-1-3-6-14)27(15-12-32-13-15)11-17(22(16)30)23(31)25-8-4-7-21(28)29/h9-11,14-15,26H,1-8,12-13H2,(H,25,31)(H,28,29). The summed E-state index contributed by atoms with van der Waals surface area (Å²) in [6.07, 6.45) is 7.08. The van der Waals surface area contributed by atoms with Crippen LogP contribution in [0, 0.1) is 5.82 Å². The number of aliphatic carboxylic acids is 1. The number of carbonyl (C=O) groups excluding carboxylic acids is 1. The monoisotopic (exact) mass is 445 g/mol. The van der Waals surface area contributed by atoms with Crippen LogP contribution in [0.15, 0.2) is 23.1 Å². The lowest BCUT2D eigenvalue weighted by Crippen LogP contribution is -2.35. The second-order valence-corrected chi connectivity index (χ2v) is 8.55. The van der Waals surface area contributed by atoms with E-state index in [1.54, 1.807) is 6.07 Å². The van der Waals surface area contributed by atoms with E-state index in [4.69, 9.17) is 9.84 Å². The molecule has 0 atom stereocenters. The highest BCUT2D eigenvalue weighted by Crippen LogP contribution is 2.29. The number of carboxylic acids is 1. The van der Waals surface area contributed by atoms with Gasteiger partial charge in [0.1, 0.15) is 11.4 Å². The minimum absolute atomic E-state index is 0.0512. The van der Waals surface area contributed by atoms with Gasteiger partial charge in [0.2, 0.25) is 5.43 Å². The number of carboxylic acid groups (broad SMARTS) is 1. The summed E-state index contributed by atoms with van der Waals surface area (Å²) in [5, 5.41) is 14.7. The van der Waals surface area contributed by atoms with E-state index in [1.165, 1.54) is 18.7 Å². The Bertz CT molecular complexity index is 1070. The van der Waals surface area contributed by atoms with Crippen molar-refractivity contribution in [2.45, 2.75) is 57.0 Å². The van der Waals surface area contributed by atoms with Crippen LogP contribution in [0.1, 0.15) is 61.3 Å².